The Labute approximate surface area is 128 Å². The molecule has 0 aliphatic rings. The van der Waals surface area contributed by atoms with Crippen LogP contribution in [0.4, 0.5) is 25.0 Å². The number of benzene rings is 2. The molecular weight excluding hydrogens is 286 g/mol. The van der Waals surface area contributed by atoms with Gasteiger partial charge in [0.25, 0.3) is 0 Å². The van der Waals surface area contributed by atoms with Crippen molar-refractivity contribution in [3.63, 3.8) is 0 Å². The molecule has 3 nitrogen and oxygen atoms in total. The molecule has 0 aliphatic carbocycles. The Kier molecular flexibility index (Phi) is 4.75. The van der Waals surface area contributed by atoms with Crippen molar-refractivity contribution in [2.24, 2.45) is 0 Å². The Hall–Kier alpha value is -2.43. The lowest BCUT2D eigenvalue weighted by Gasteiger charge is -2.17. The smallest absolute Gasteiger partial charge is 0.307 e. The second-order valence-electron chi connectivity index (χ2n) is 5.37. The molecule has 0 heterocycles. The van der Waals surface area contributed by atoms with Gasteiger partial charge < -0.3 is 10.6 Å². The number of nitrogens with one attached hydrogen (secondary N) is 2. The fraction of sp³-hybridized carbons (Fsp3) is 0.235. The quantitative estimate of drug-likeness (QED) is 0.819. The summed E-state index contributed by atoms with van der Waals surface area (Å²) < 4.78 is 27.1. The number of carbonyl (C=O) groups excluding carboxylic acids is 1. The van der Waals surface area contributed by atoms with Crippen LogP contribution < -0.4 is 10.6 Å². The molecule has 2 N–H and O–H groups in total. The molecular formula is C17H18F2N2O. The molecule has 0 saturated heterocycles. The molecule has 5 heteroatoms. The van der Waals surface area contributed by atoms with Crippen LogP contribution in [0.3, 0.4) is 0 Å². The number of urea groups is 1. The first-order valence-electron chi connectivity index (χ1n) is 7.01. The Morgan fingerprint density at radius 1 is 0.955 bits per heavy atom. The molecule has 0 atom stereocenters. The first kappa shape index (κ1) is 15.9. The van der Waals surface area contributed by atoms with Crippen LogP contribution in [0.5, 0.6) is 0 Å². The fourth-order valence-electron chi connectivity index (χ4n) is 2.22. The molecule has 2 aromatic carbocycles. The van der Waals surface area contributed by atoms with E-state index in [1.165, 1.54) is 6.07 Å². The summed E-state index contributed by atoms with van der Waals surface area (Å²) in [6.45, 7) is 5.88. The van der Waals surface area contributed by atoms with Gasteiger partial charge in [-0.15, -0.1) is 0 Å². The number of hydrogen-bond donors (Lipinski definition) is 2. The minimum Gasteiger partial charge on any atom is -0.307 e. The van der Waals surface area contributed by atoms with Crippen molar-refractivity contribution >= 4 is 17.4 Å². The van der Waals surface area contributed by atoms with Crippen LogP contribution in [0.15, 0.2) is 36.4 Å². The lowest BCUT2D eigenvalue weighted by Crippen LogP contribution is -2.22. The molecule has 2 aromatic rings. The highest BCUT2D eigenvalue weighted by Gasteiger charge is 2.15. The van der Waals surface area contributed by atoms with E-state index in [1.807, 2.05) is 39.0 Å². The molecule has 0 aromatic heterocycles. The number of hydrogen-bond acceptors (Lipinski definition) is 1. The molecule has 0 spiro atoms. The number of halogens is 2. The van der Waals surface area contributed by atoms with Gasteiger partial charge in [-0.2, -0.15) is 0 Å². The van der Waals surface area contributed by atoms with Gasteiger partial charge >= 0.3 is 6.03 Å². The molecule has 0 fully saturated rings. The van der Waals surface area contributed by atoms with Gasteiger partial charge in [-0.3, -0.25) is 0 Å². The summed E-state index contributed by atoms with van der Waals surface area (Å²) >= 11 is 0. The maximum atomic E-state index is 13.6. The van der Waals surface area contributed by atoms with Crippen molar-refractivity contribution < 1.29 is 13.6 Å². The Morgan fingerprint density at radius 2 is 1.50 bits per heavy atom. The third kappa shape index (κ3) is 3.42. The average Bonchev–Trinajstić information content (AvgIpc) is 2.45. The number of para-hydroxylation sites is 2. The van der Waals surface area contributed by atoms with E-state index in [0.717, 1.165) is 23.3 Å². The second-order valence-corrected chi connectivity index (χ2v) is 5.37. The van der Waals surface area contributed by atoms with E-state index in [1.54, 1.807) is 0 Å². The third-order valence-electron chi connectivity index (χ3n) is 3.37. The van der Waals surface area contributed by atoms with E-state index in [9.17, 15) is 13.6 Å². The van der Waals surface area contributed by atoms with E-state index in [4.69, 9.17) is 0 Å². The van der Waals surface area contributed by atoms with Gasteiger partial charge in [0.1, 0.15) is 17.3 Å². The Morgan fingerprint density at radius 3 is 2.09 bits per heavy atom. The van der Waals surface area contributed by atoms with Crippen molar-refractivity contribution in [1.29, 1.82) is 0 Å². The highest BCUT2D eigenvalue weighted by atomic mass is 19.1. The van der Waals surface area contributed by atoms with Gasteiger partial charge in [-0.1, -0.05) is 38.1 Å². The zero-order chi connectivity index (χ0) is 16.3. The predicted molar refractivity (Wildman–Crippen MR) is 84.3 cm³/mol. The standard InChI is InChI=1S/C17H18F2N2O/c1-10(2)12-7-4-6-11(3)15(12)20-17(22)21-16-13(18)8-5-9-14(16)19/h4-10H,1-3H3,(H2,20,21,22). The van der Waals surface area contributed by atoms with E-state index >= 15 is 0 Å². The molecule has 0 aliphatic heterocycles. The van der Waals surface area contributed by atoms with Crippen LogP contribution in [-0.2, 0) is 0 Å². The third-order valence-corrected chi connectivity index (χ3v) is 3.37. The van der Waals surface area contributed by atoms with Gasteiger partial charge in [-0.25, -0.2) is 13.6 Å². The topological polar surface area (TPSA) is 41.1 Å². The zero-order valence-corrected chi connectivity index (χ0v) is 12.7. The van der Waals surface area contributed by atoms with Gasteiger partial charge in [0.15, 0.2) is 0 Å². The maximum Gasteiger partial charge on any atom is 0.323 e. The van der Waals surface area contributed by atoms with Gasteiger partial charge in [0, 0.05) is 5.69 Å². The number of anilines is 2. The lowest BCUT2D eigenvalue weighted by molar-refractivity contribution is 0.262. The van der Waals surface area contributed by atoms with Crippen LogP contribution in [0.2, 0.25) is 0 Å². The Bertz CT molecular complexity index is 679. The van der Waals surface area contributed by atoms with Crippen molar-refractivity contribution in [1.82, 2.24) is 0 Å². The Balaban J connectivity index is 2.23. The molecule has 0 radical (unpaired) electrons. The largest absolute Gasteiger partial charge is 0.323 e. The summed E-state index contributed by atoms with van der Waals surface area (Å²) in [6.07, 6.45) is 0. The summed E-state index contributed by atoms with van der Waals surface area (Å²) in [6, 6.07) is 8.43. The van der Waals surface area contributed by atoms with Crippen molar-refractivity contribution in [2.75, 3.05) is 10.6 Å². The molecule has 22 heavy (non-hydrogen) atoms. The van der Waals surface area contributed by atoms with Crippen molar-refractivity contribution in [2.45, 2.75) is 26.7 Å². The van der Waals surface area contributed by atoms with E-state index in [-0.39, 0.29) is 5.92 Å². The normalized spacial score (nSPS) is 10.6. The van der Waals surface area contributed by atoms with Gasteiger partial charge in [0.2, 0.25) is 0 Å². The van der Waals surface area contributed by atoms with Gasteiger partial charge in [-0.05, 0) is 36.1 Å². The van der Waals surface area contributed by atoms with Crippen molar-refractivity contribution in [3.05, 3.63) is 59.2 Å². The number of aryl methyl sites for hydroxylation is 1. The van der Waals surface area contributed by atoms with E-state index in [2.05, 4.69) is 10.6 Å². The number of rotatable bonds is 3. The first-order chi connectivity index (χ1) is 10.4. The summed E-state index contributed by atoms with van der Waals surface area (Å²) in [5.74, 6) is -1.42. The average molecular weight is 304 g/mol. The molecule has 0 bridgehead atoms. The lowest BCUT2D eigenvalue weighted by atomic mass is 9.98. The minimum atomic E-state index is -0.816. The van der Waals surface area contributed by atoms with Crippen LogP contribution in [0, 0.1) is 18.6 Å². The predicted octanol–water partition coefficient (Wildman–Crippen LogP) is 5.04. The zero-order valence-electron chi connectivity index (χ0n) is 12.7. The number of amides is 2. The van der Waals surface area contributed by atoms with E-state index in [0.29, 0.717) is 5.69 Å². The highest BCUT2D eigenvalue weighted by molar-refractivity contribution is 6.01. The van der Waals surface area contributed by atoms with Crippen molar-refractivity contribution in [3.8, 4) is 0 Å². The first-order valence-corrected chi connectivity index (χ1v) is 7.01. The molecule has 0 saturated carbocycles. The summed E-state index contributed by atoms with van der Waals surface area (Å²) in [7, 11) is 0. The monoisotopic (exact) mass is 304 g/mol. The molecule has 2 amide bonds. The minimum absolute atomic E-state index is 0.209. The second kappa shape index (κ2) is 6.56. The summed E-state index contributed by atoms with van der Waals surface area (Å²) in [4.78, 5) is 12.1. The van der Waals surface area contributed by atoms with Crippen LogP contribution >= 0.6 is 0 Å². The van der Waals surface area contributed by atoms with Crippen LogP contribution in [0.1, 0.15) is 30.9 Å². The summed E-state index contributed by atoms with van der Waals surface area (Å²) in [5.41, 5.74) is 2.05. The molecule has 116 valence electrons. The SMILES string of the molecule is Cc1cccc(C(C)C)c1NC(=O)Nc1c(F)cccc1F. The molecule has 0 unspecified atom stereocenters. The maximum absolute atomic E-state index is 13.6. The van der Waals surface area contributed by atoms with Crippen LogP contribution in [0.25, 0.3) is 0 Å². The fourth-order valence-corrected chi connectivity index (χ4v) is 2.22. The van der Waals surface area contributed by atoms with Gasteiger partial charge in [0.05, 0.1) is 0 Å². The highest BCUT2D eigenvalue weighted by Crippen LogP contribution is 2.27. The van der Waals surface area contributed by atoms with Crippen LogP contribution in [-0.4, -0.2) is 6.03 Å². The number of carbonyl (C=O) groups is 1. The van der Waals surface area contributed by atoms with E-state index < -0.39 is 23.4 Å². The molecule has 2 rings (SSSR count). The summed E-state index contributed by atoms with van der Waals surface area (Å²) in [5, 5.41) is 4.90.